The van der Waals surface area contributed by atoms with Crippen molar-refractivity contribution in [3.63, 3.8) is 0 Å². The van der Waals surface area contributed by atoms with Gasteiger partial charge in [0, 0.05) is 49.9 Å². The maximum absolute atomic E-state index is 11.0. The summed E-state index contributed by atoms with van der Waals surface area (Å²) < 4.78 is 16.4. The Hall–Kier alpha value is -4.64. The first kappa shape index (κ1) is 84.2. The summed E-state index contributed by atoms with van der Waals surface area (Å²) in [6, 6.07) is -5.63. The number of carboxylic acids is 12. The summed E-state index contributed by atoms with van der Waals surface area (Å²) in [4.78, 5) is 167. The molecule has 0 heterocycles. The number of carbonyl (C=O) groups excluding carboxylic acids is 8. The predicted octanol–water partition coefficient (Wildman–Crippen LogP) is -24.3. The van der Waals surface area contributed by atoms with Crippen LogP contribution < -0.4 is 162 Å². The van der Waals surface area contributed by atoms with Crippen molar-refractivity contribution in [1.82, 2.24) is 0 Å². The SMILES string of the molecule is N[C@@H](CCC(=O)OC(C(=O)O)C(=O)O)C(=O)[O-].N[C@@H](CCC(=O)OC(C(=O)O)C(=O)O)C(=O)[O-].N[C@@H](CCC(=O)OC(C(=O)O)C(=O)O)C(=O)[O-].N[C@@H](CCC(=O)OC(C(=O)O)C(=O)O)C(=O)[O-].[Na+].[Na+].[Na+].[Na+]. The summed E-state index contributed by atoms with van der Waals surface area (Å²) in [5.74, 6) is -25.7. The Morgan fingerprint density at radius 1 is 0.292 bits per heavy atom. The molecule has 0 aromatic rings. The maximum Gasteiger partial charge on any atom is 1.00 e. The molecule has 0 bridgehead atoms. The molecule has 0 aromatic carbocycles. The van der Waals surface area contributed by atoms with Gasteiger partial charge in [-0.2, -0.15) is 0 Å². The minimum absolute atomic E-state index is 0. The minimum Gasteiger partial charge on any atom is -0.548 e. The molecule has 0 saturated heterocycles. The number of hydrogen-bond acceptors (Lipinski definition) is 28. The smallest absolute Gasteiger partial charge is 0.548 e. The molecule has 16 N–H and O–H groups in total. The fourth-order valence-corrected chi connectivity index (χ4v) is 3.15. The van der Waals surface area contributed by atoms with Crippen LogP contribution in [0.15, 0.2) is 0 Å². The van der Waals surface area contributed by atoms with Crippen molar-refractivity contribution >= 4 is 95.5 Å². The average Bonchev–Trinajstić information content (AvgIpc) is 3.21. The van der Waals surface area contributed by atoms with E-state index in [1.54, 1.807) is 0 Å². The van der Waals surface area contributed by atoms with E-state index in [2.05, 4.69) is 18.9 Å². The van der Waals surface area contributed by atoms with Gasteiger partial charge in [0.1, 0.15) is 0 Å². The van der Waals surface area contributed by atoms with E-state index in [1.807, 2.05) is 0 Å². The molecule has 0 unspecified atom stereocenters. The number of hydrogen-bond donors (Lipinski definition) is 12. The first-order chi connectivity index (χ1) is 31.0. The molecule has 0 amide bonds. The number of rotatable bonds is 28. The van der Waals surface area contributed by atoms with E-state index in [4.69, 9.17) is 63.8 Å². The quantitative estimate of drug-likeness (QED) is 0.0150. The Labute approximate surface area is 489 Å². The van der Waals surface area contributed by atoms with E-state index in [0.717, 1.165) is 0 Å². The molecule has 384 valence electrons. The maximum atomic E-state index is 11.0. The van der Waals surface area contributed by atoms with Crippen LogP contribution in [0.3, 0.4) is 0 Å². The molecule has 72 heavy (non-hydrogen) atoms. The molecule has 0 aliphatic carbocycles. The van der Waals surface area contributed by atoms with E-state index in [-0.39, 0.29) is 144 Å². The number of carbonyl (C=O) groups is 16. The largest absolute Gasteiger partial charge is 1.00 e. The van der Waals surface area contributed by atoms with Gasteiger partial charge < -0.3 is 122 Å². The van der Waals surface area contributed by atoms with Gasteiger partial charge in [-0.25, -0.2) is 38.4 Å². The molecule has 36 nitrogen and oxygen atoms in total. The van der Waals surface area contributed by atoms with Gasteiger partial charge >= 0.3 is 190 Å². The van der Waals surface area contributed by atoms with E-state index >= 15 is 0 Å². The Balaban J connectivity index is -0.000000124. The molecule has 4 atom stereocenters. The van der Waals surface area contributed by atoms with Crippen molar-refractivity contribution in [3.05, 3.63) is 0 Å². The van der Waals surface area contributed by atoms with Crippen LogP contribution >= 0.6 is 0 Å². The van der Waals surface area contributed by atoms with Crippen LogP contribution in [-0.4, -0.2) is 185 Å². The van der Waals surface area contributed by atoms with Crippen LogP contribution in [0.1, 0.15) is 51.4 Å². The second-order valence-electron chi connectivity index (χ2n) is 12.0. The number of carboxylic acid groups (broad SMARTS) is 12. The molecule has 0 aromatic heterocycles. The normalized spacial score (nSPS) is 11.2. The van der Waals surface area contributed by atoms with Crippen molar-refractivity contribution in [2.24, 2.45) is 22.9 Å². The summed E-state index contributed by atoms with van der Waals surface area (Å²) in [5, 5.41) is 108. The van der Waals surface area contributed by atoms with Gasteiger partial charge in [0.25, 0.3) is 24.4 Å². The molecule has 0 aliphatic heterocycles. The first-order valence-corrected chi connectivity index (χ1v) is 17.5. The zero-order valence-corrected chi connectivity index (χ0v) is 46.0. The van der Waals surface area contributed by atoms with Gasteiger partial charge in [-0.05, 0) is 25.7 Å². The summed E-state index contributed by atoms with van der Waals surface area (Å²) in [7, 11) is 0. The van der Waals surface area contributed by atoms with Crippen LogP contribution in [0.2, 0.25) is 0 Å². The van der Waals surface area contributed by atoms with Crippen molar-refractivity contribution in [3.8, 4) is 0 Å². The zero-order chi connectivity index (χ0) is 54.3. The Bertz CT molecular complexity index is 1580. The Morgan fingerprint density at radius 2 is 0.403 bits per heavy atom. The monoisotopic (exact) mass is 1080 g/mol. The van der Waals surface area contributed by atoms with E-state index < -0.39 is 170 Å². The van der Waals surface area contributed by atoms with Crippen molar-refractivity contribution in [2.75, 3.05) is 0 Å². The molecule has 0 spiro atoms. The van der Waals surface area contributed by atoms with E-state index in [1.165, 1.54) is 0 Å². The number of nitrogens with two attached hydrogens (primary N) is 4. The third-order valence-corrected chi connectivity index (χ3v) is 6.64. The molecule has 40 heteroatoms. The van der Waals surface area contributed by atoms with Crippen LogP contribution in [0.4, 0.5) is 0 Å². The first-order valence-electron chi connectivity index (χ1n) is 17.5. The summed E-state index contributed by atoms with van der Waals surface area (Å²) in [6.07, 6.45) is -12.7. The summed E-state index contributed by atoms with van der Waals surface area (Å²) >= 11 is 0. The van der Waals surface area contributed by atoms with Gasteiger partial charge in [-0.3, -0.25) is 19.2 Å². The standard InChI is InChI=1S/4C8H11NO8.4Na/c4*9-3(6(11)12)1-2-4(10)17-5(7(13)14)8(15)16;;;;/h4*3,5H,1-2,9H2,(H,11,12)(H,13,14)(H,15,16);;;;/q;;;;4*+1/p-4/t4*3-;;;;/m0000..../s1. The molecule has 0 rings (SSSR count). The number of aliphatic carboxylic acids is 12. The van der Waals surface area contributed by atoms with Crippen molar-refractivity contribution in [1.29, 1.82) is 0 Å². The summed E-state index contributed by atoms with van der Waals surface area (Å²) in [5.41, 5.74) is 20.1. The summed E-state index contributed by atoms with van der Waals surface area (Å²) in [6.45, 7) is 0. The van der Waals surface area contributed by atoms with Crippen LogP contribution in [0.25, 0.3) is 0 Å². The third kappa shape index (κ3) is 43.0. The van der Waals surface area contributed by atoms with Crippen LogP contribution in [-0.2, 0) is 95.7 Å². The van der Waals surface area contributed by atoms with Crippen molar-refractivity contribution < 1.29 is 275 Å². The Kier molecular flexibility index (Phi) is 52.6. The molecule has 0 saturated carbocycles. The van der Waals surface area contributed by atoms with Gasteiger partial charge in [-0.1, -0.05) is 0 Å². The molecule has 0 aliphatic rings. The fourth-order valence-electron chi connectivity index (χ4n) is 3.15. The number of esters is 4. The van der Waals surface area contributed by atoms with Gasteiger partial charge in [-0.15, -0.1) is 0 Å². The van der Waals surface area contributed by atoms with Crippen LogP contribution in [0, 0.1) is 0 Å². The second-order valence-corrected chi connectivity index (χ2v) is 12.0. The predicted molar refractivity (Wildman–Crippen MR) is 189 cm³/mol. The molecular formula is C32H40N4Na4O32. The fraction of sp³-hybridized carbons (Fsp3) is 0.500. The third-order valence-electron chi connectivity index (χ3n) is 6.64. The minimum atomic E-state index is -2.32. The average molecular weight is 1080 g/mol. The van der Waals surface area contributed by atoms with Gasteiger partial charge in [0.15, 0.2) is 0 Å². The Morgan fingerprint density at radius 3 is 0.486 bits per heavy atom. The van der Waals surface area contributed by atoms with E-state index in [9.17, 15) is 97.1 Å². The molecule has 0 radical (unpaired) electrons. The number of ether oxygens (including phenoxy) is 4. The van der Waals surface area contributed by atoms with Gasteiger partial charge in [0.2, 0.25) is 0 Å². The zero-order valence-electron chi connectivity index (χ0n) is 38.0. The van der Waals surface area contributed by atoms with Gasteiger partial charge in [0.05, 0.1) is 23.9 Å². The molecule has 0 fully saturated rings. The van der Waals surface area contributed by atoms with Crippen molar-refractivity contribution in [2.45, 2.75) is 99.9 Å². The molecular weight excluding hydrogens is 1040 g/mol. The van der Waals surface area contributed by atoms with Crippen LogP contribution in [0.5, 0.6) is 0 Å². The topological polar surface area (TPSA) is 668 Å². The van der Waals surface area contributed by atoms with E-state index in [0.29, 0.717) is 0 Å². The second kappa shape index (κ2) is 45.0.